The number of rotatable bonds is 2. The molecule has 0 atom stereocenters. The molecule has 0 radical (unpaired) electrons. The SMILES string of the molecule is Oc1ccc2oc(-c3ccc(-c4nc5cc(O)ccc5o4)cc3)nc2c1. The maximum atomic E-state index is 9.53. The average molecular weight is 344 g/mol. The number of oxazole rings is 2. The van der Waals surface area contributed by atoms with Crippen LogP contribution in [0, 0.1) is 0 Å². The smallest absolute Gasteiger partial charge is 0.227 e. The van der Waals surface area contributed by atoms with Gasteiger partial charge in [-0.05, 0) is 48.5 Å². The Morgan fingerprint density at radius 1 is 0.577 bits per heavy atom. The maximum Gasteiger partial charge on any atom is 0.227 e. The molecule has 0 bridgehead atoms. The van der Waals surface area contributed by atoms with Crippen molar-refractivity contribution in [3.05, 3.63) is 60.7 Å². The van der Waals surface area contributed by atoms with E-state index in [2.05, 4.69) is 9.97 Å². The van der Waals surface area contributed by atoms with Crippen molar-refractivity contribution in [1.29, 1.82) is 0 Å². The van der Waals surface area contributed by atoms with E-state index < -0.39 is 0 Å². The molecule has 5 aromatic rings. The summed E-state index contributed by atoms with van der Waals surface area (Å²) in [5.74, 6) is 1.24. The predicted octanol–water partition coefficient (Wildman–Crippen LogP) is 4.71. The molecule has 0 aliphatic carbocycles. The van der Waals surface area contributed by atoms with Crippen LogP contribution in [0.2, 0.25) is 0 Å². The third kappa shape index (κ3) is 2.36. The molecule has 2 aromatic heterocycles. The van der Waals surface area contributed by atoms with E-state index in [0.717, 1.165) is 11.1 Å². The molecule has 6 nitrogen and oxygen atoms in total. The standard InChI is InChI=1S/C20H12N2O4/c23-13-5-7-17-15(9-13)21-19(25-17)11-1-2-12(4-3-11)20-22-16-10-14(24)6-8-18(16)26-20/h1-10,23-24H. The summed E-state index contributed by atoms with van der Waals surface area (Å²) in [7, 11) is 0. The fraction of sp³-hybridized carbons (Fsp3) is 0. The van der Waals surface area contributed by atoms with Crippen LogP contribution in [-0.2, 0) is 0 Å². The van der Waals surface area contributed by atoms with Crippen LogP contribution < -0.4 is 0 Å². The Bertz CT molecular complexity index is 1150. The second kappa shape index (κ2) is 5.35. The number of aromatic nitrogens is 2. The van der Waals surface area contributed by atoms with Gasteiger partial charge in [-0.1, -0.05) is 0 Å². The second-order valence-corrected chi connectivity index (χ2v) is 5.92. The van der Waals surface area contributed by atoms with Crippen LogP contribution in [0.15, 0.2) is 69.5 Å². The molecule has 0 saturated carbocycles. The van der Waals surface area contributed by atoms with E-state index in [1.165, 1.54) is 0 Å². The highest BCUT2D eigenvalue weighted by Gasteiger charge is 2.12. The third-order valence-electron chi connectivity index (χ3n) is 4.12. The van der Waals surface area contributed by atoms with Gasteiger partial charge in [-0.2, -0.15) is 0 Å². The third-order valence-corrected chi connectivity index (χ3v) is 4.12. The Morgan fingerprint density at radius 3 is 1.42 bits per heavy atom. The minimum atomic E-state index is 0.148. The topological polar surface area (TPSA) is 92.5 Å². The maximum absolute atomic E-state index is 9.53. The lowest BCUT2D eigenvalue weighted by molar-refractivity contribution is 0.475. The Balaban J connectivity index is 1.52. The monoisotopic (exact) mass is 344 g/mol. The number of phenols is 2. The first kappa shape index (κ1) is 14.5. The van der Waals surface area contributed by atoms with Gasteiger partial charge in [0.05, 0.1) is 0 Å². The summed E-state index contributed by atoms with van der Waals surface area (Å²) >= 11 is 0. The van der Waals surface area contributed by atoms with Gasteiger partial charge >= 0.3 is 0 Å². The lowest BCUT2D eigenvalue weighted by Crippen LogP contribution is -1.80. The van der Waals surface area contributed by atoms with Crippen molar-refractivity contribution in [3.8, 4) is 34.4 Å². The normalized spacial score (nSPS) is 11.4. The zero-order chi connectivity index (χ0) is 17.7. The number of aromatic hydroxyl groups is 2. The first-order chi connectivity index (χ1) is 12.7. The molecule has 2 N–H and O–H groups in total. The van der Waals surface area contributed by atoms with E-state index >= 15 is 0 Å². The highest BCUT2D eigenvalue weighted by atomic mass is 16.4. The quantitative estimate of drug-likeness (QED) is 0.481. The molecule has 0 amide bonds. The Morgan fingerprint density at radius 2 is 1.00 bits per heavy atom. The average Bonchev–Trinajstić information content (AvgIpc) is 3.25. The zero-order valence-corrected chi connectivity index (χ0v) is 13.4. The predicted molar refractivity (Wildman–Crippen MR) is 95.8 cm³/mol. The second-order valence-electron chi connectivity index (χ2n) is 5.92. The molecule has 0 fully saturated rings. The van der Waals surface area contributed by atoms with Crippen molar-refractivity contribution in [2.24, 2.45) is 0 Å². The Labute approximate surface area is 147 Å². The fourth-order valence-corrected chi connectivity index (χ4v) is 2.83. The van der Waals surface area contributed by atoms with Gasteiger partial charge in [0.15, 0.2) is 11.2 Å². The molecule has 0 aliphatic rings. The minimum Gasteiger partial charge on any atom is -0.508 e. The van der Waals surface area contributed by atoms with Gasteiger partial charge in [0.1, 0.15) is 22.5 Å². The Kier molecular flexibility index (Phi) is 2.99. The van der Waals surface area contributed by atoms with E-state index in [4.69, 9.17) is 8.83 Å². The molecular formula is C20H12N2O4. The molecule has 5 rings (SSSR count). The molecule has 0 saturated heterocycles. The van der Waals surface area contributed by atoms with Gasteiger partial charge in [-0.15, -0.1) is 0 Å². The van der Waals surface area contributed by atoms with Crippen LogP contribution in [0.1, 0.15) is 0 Å². The summed E-state index contributed by atoms with van der Waals surface area (Å²) in [6, 6.07) is 17.1. The van der Waals surface area contributed by atoms with E-state index in [0.29, 0.717) is 34.0 Å². The van der Waals surface area contributed by atoms with Gasteiger partial charge in [0, 0.05) is 23.3 Å². The molecule has 0 spiro atoms. The van der Waals surface area contributed by atoms with Crippen molar-refractivity contribution < 1.29 is 19.0 Å². The van der Waals surface area contributed by atoms with Gasteiger partial charge < -0.3 is 19.0 Å². The molecular weight excluding hydrogens is 332 g/mol. The lowest BCUT2D eigenvalue weighted by Gasteiger charge is -1.97. The van der Waals surface area contributed by atoms with Crippen molar-refractivity contribution >= 4 is 22.2 Å². The summed E-state index contributed by atoms with van der Waals surface area (Å²) in [4.78, 5) is 8.79. The summed E-state index contributed by atoms with van der Waals surface area (Å²) in [6.07, 6.45) is 0. The van der Waals surface area contributed by atoms with Crippen LogP contribution in [0.4, 0.5) is 0 Å². The van der Waals surface area contributed by atoms with Crippen molar-refractivity contribution in [1.82, 2.24) is 9.97 Å². The van der Waals surface area contributed by atoms with Gasteiger partial charge in [0.2, 0.25) is 11.8 Å². The van der Waals surface area contributed by atoms with Gasteiger partial charge in [-0.3, -0.25) is 0 Å². The largest absolute Gasteiger partial charge is 0.508 e. The lowest BCUT2D eigenvalue weighted by atomic mass is 10.1. The molecule has 0 unspecified atom stereocenters. The first-order valence-corrected chi connectivity index (χ1v) is 7.96. The number of phenolic OH excluding ortho intramolecular Hbond substituents is 2. The number of hydrogen-bond donors (Lipinski definition) is 2. The molecule has 26 heavy (non-hydrogen) atoms. The number of benzene rings is 3. The summed E-state index contributed by atoms with van der Waals surface area (Å²) in [5, 5.41) is 19.1. The molecule has 126 valence electrons. The van der Waals surface area contributed by atoms with E-state index in [1.54, 1.807) is 36.4 Å². The van der Waals surface area contributed by atoms with E-state index in [9.17, 15) is 10.2 Å². The minimum absolute atomic E-state index is 0.148. The molecule has 3 aromatic carbocycles. The summed E-state index contributed by atoms with van der Waals surface area (Å²) in [5.41, 5.74) is 4.03. The summed E-state index contributed by atoms with van der Waals surface area (Å²) < 4.78 is 11.5. The van der Waals surface area contributed by atoms with Crippen LogP contribution >= 0.6 is 0 Å². The van der Waals surface area contributed by atoms with Crippen LogP contribution in [0.25, 0.3) is 45.1 Å². The number of hydrogen-bond acceptors (Lipinski definition) is 6. The van der Waals surface area contributed by atoms with Crippen LogP contribution in [0.3, 0.4) is 0 Å². The first-order valence-electron chi connectivity index (χ1n) is 7.96. The van der Waals surface area contributed by atoms with Crippen LogP contribution in [-0.4, -0.2) is 20.2 Å². The van der Waals surface area contributed by atoms with Crippen LogP contribution in [0.5, 0.6) is 11.5 Å². The number of nitrogens with zero attached hydrogens (tertiary/aromatic N) is 2. The zero-order valence-electron chi connectivity index (χ0n) is 13.4. The van der Waals surface area contributed by atoms with Crippen molar-refractivity contribution in [2.75, 3.05) is 0 Å². The highest BCUT2D eigenvalue weighted by molar-refractivity contribution is 5.79. The summed E-state index contributed by atoms with van der Waals surface area (Å²) in [6.45, 7) is 0. The fourth-order valence-electron chi connectivity index (χ4n) is 2.83. The van der Waals surface area contributed by atoms with Gasteiger partial charge in [-0.25, -0.2) is 9.97 Å². The van der Waals surface area contributed by atoms with Crippen molar-refractivity contribution in [3.63, 3.8) is 0 Å². The van der Waals surface area contributed by atoms with Crippen molar-refractivity contribution in [2.45, 2.75) is 0 Å². The Hall–Kier alpha value is -3.80. The molecule has 0 aliphatic heterocycles. The van der Waals surface area contributed by atoms with Gasteiger partial charge in [0.25, 0.3) is 0 Å². The number of fused-ring (bicyclic) bond motifs is 2. The van der Waals surface area contributed by atoms with E-state index in [-0.39, 0.29) is 11.5 Å². The van der Waals surface area contributed by atoms with E-state index in [1.807, 2.05) is 24.3 Å². The highest BCUT2D eigenvalue weighted by Crippen LogP contribution is 2.30. The molecule has 2 heterocycles. The molecule has 6 heteroatoms.